The summed E-state index contributed by atoms with van der Waals surface area (Å²) < 4.78 is 8.50. The largest absolute Gasteiger partial charge is 0.471 e. The Morgan fingerprint density at radius 3 is 2.64 bits per heavy atom. The van der Waals surface area contributed by atoms with E-state index in [1.807, 2.05) is 24.2 Å². The number of fused-ring (bicyclic) bond motifs is 1. The number of urea groups is 1. The molecule has 2 aliphatic carbocycles. The van der Waals surface area contributed by atoms with Crippen molar-refractivity contribution >= 4 is 6.03 Å². The highest BCUT2D eigenvalue weighted by molar-refractivity contribution is 5.75. The van der Waals surface area contributed by atoms with Gasteiger partial charge in [-0.25, -0.2) is 14.8 Å². The van der Waals surface area contributed by atoms with E-state index in [0.29, 0.717) is 23.8 Å². The minimum Gasteiger partial charge on any atom is -0.471 e. The molecule has 2 amide bonds. The Hall–Kier alpha value is -2.64. The lowest BCUT2D eigenvalue weighted by molar-refractivity contribution is 0.0501. The molecular weight excluding hydrogens is 356 g/mol. The van der Waals surface area contributed by atoms with Crippen molar-refractivity contribution in [1.29, 1.82) is 0 Å². The van der Waals surface area contributed by atoms with Crippen molar-refractivity contribution in [2.24, 2.45) is 11.8 Å². The molecule has 1 saturated heterocycles. The van der Waals surface area contributed by atoms with Crippen LogP contribution in [0.5, 0.6) is 5.88 Å². The van der Waals surface area contributed by atoms with E-state index in [-0.39, 0.29) is 18.2 Å². The zero-order valence-electron chi connectivity index (χ0n) is 16.1. The van der Waals surface area contributed by atoms with Crippen LogP contribution in [-0.2, 0) is 0 Å². The van der Waals surface area contributed by atoms with Gasteiger partial charge in [0.1, 0.15) is 11.9 Å². The Morgan fingerprint density at radius 1 is 1.14 bits per heavy atom. The highest BCUT2D eigenvalue weighted by atomic mass is 16.5. The van der Waals surface area contributed by atoms with E-state index in [1.165, 1.54) is 0 Å². The number of likely N-dealkylation sites (tertiary alicyclic amines) is 1. The molecule has 0 aromatic carbocycles. The molecule has 3 fully saturated rings. The first-order valence-corrected chi connectivity index (χ1v) is 10.1. The molecule has 0 bridgehead atoms. The first-order chi connectivity index (χ1) is 13.7. The molecule has 2 aromatic rings. The summed E-state index contributed by atoms with van der Waals surface area (Å²) in [4.78, 5) is 27.3. The van der Waals surface area contributed by atoms with Gasteiger partial charge in [0, 0.05) is 43.9 Å². The van der Waals surface area contributed by atoms with E-state index in [2.05, 4.69) is 24.8 Å². The number of aryl methyl sites for hydroxylation is 1. The Balaban J connectivity index is 1.35. The number of amides is 2. The Morgan fingerprint density at radius 2 is 1.96 bits per heavy atom. The van der Waals surface area contributed by atoms with Crippen LogP contribution in [0.25, 0.3) is 0 Å². The van der Waals surface area contributed by atoms with Crippen LogP contribution in [0, 0.1) is 18.8 Å². The molecule has 3 aliphatic rings. The number of carbonyl (C=O) groups is 1. The van der Waals surface area contributed by atoms with Crippen molar-refractivity contribution in [3.63, 3.8) is 0 Å². The van der Waals surface area contributed by atoms with Crippen molar-refractivity contribution in [3.8, 4) is 5.88 Å². The second-order valence-corrected chi connectivity index (χ2v) is 8.27. The molecule has 2 saturated carbocycles. The molecule has 5 rings (SSSR count). The van der Waals surface area contributed by atoms with Gasteiger partial charge in [-0.3, -0.25) is 4.98 Å². The number of nitrogens with one attached hydrogen (secondary N) is 1. The fraction of sp³-hybridized carbons (Fsp3) is 0.600. The molecule has 0 spiro atoms. The van der Waals surface area contributed by atoms with Gasteiger partial charge in [-0.05, 0) is 44.4 Å². The maximum absolute atomic E-state index is 12.5. The number of hydrogen-bond acceptors (Lipinski definition) is 5. The third-order valence-corrected chi connectivity index (χ3v) is 6.31. The zero-order chi connectivity index (χ0) is 19.1. The molecular formula is C20H26N6O2. The van der Waals surface area contributed by atoms with E-state index in [0.717, 1.165) is 44.6 Å². The Labute approximate surface area is 164 Å². The molecule has 8 nitrogen and oxygen atoms in total. The molecule has 148 valence electrons. The molecule has 0 radical (unpaired) electrons. The molecule has 8 heteroatoms. The average molecular weight is 382 g/mol. The lowest BCUT2D eigenvalue weighted by Crippen LogP contribution is -2.40. The lowest BCUT2D eigenvalue weighted by Gasteiger charge is -2.38. The first-order valence-electron chi connectivity index (χ1n) is 10.1. The fourth-order valence-corrected chi connectivity index (χ4v) is 4.71. The third-order valence-electron chi connectivity index (χ3n) is 6.31. The molecule has 1 aliphatic heterocycles. The summed E-state index contributed by atoms with van der Waals surface area (Å²) in [5, 5.41) is 3.13. The highest BCUT2D eigenvalue weighted by Crippen LogP contribution is 2.43. The van der Waals surface area contributed by atoms with E-state index >= 15 is 0 Å². The summed E-state index contributed by atoms with van der Waals surface area (Å²) in [5.41, 5.74) is 0. The lowest BCUT2D eigenvalue weighted by atomic mass is 9.77. The number of nitrogens with zero attached hydrogens (tertiary/aromatic N) is 5. The van der Waals surface area contributed by atoms with Crippen LogP contribution in [0.15, 0.2) is 31.0 Å². The summed E-state index contributed by atoms with van der Waals surface area (Å²) in [7, 11) is 0. The minimum absolute atomic E-state index is 0.0164. The van der Waals surface area contributed by atoms with Crippen LogP contribution in [0.2, 0.25) is 0 Å². The van der Waals surface area contributed by atoms with Gasteiger partial charge in [0.15, 0.2) is 0 Å². The highest BCUT2D eigenvalue weighted by Gasteiger charge is 2.45. The summed E-state index contributed by atoms with van der Waals surface area (Å²) in [6.07, 6.45) is 12.9. The van der Waals surface area contributed by atoms with Gasteiger partial charge in [-0.2, -0.15) is 0 Å². The first kappa shape index (κ1) is 17.5. The molecule has 4 atom stereocenters. The van der Waals surface area contributed by atoms with Gasteiger partial charge in [-0.1, -0.05) is 0 Å². The van der Waals surface area contributed by atoms with Crippen LogP contribution in [0.4, 0.5) is 4.79 Å². The van der Waals surface area contributed by atoms with E-state index < -0.39 is 0 Å². The summed E-state index contributed by atoms with van der Waals surface area (Å²) >= 11 is 0. The van der Waals surface area contributed by atoms with Gasteiger partial charge in [-0.15, -0.1) is 0 Å². The predicted molar refractivity (Wildman–Crippen MR) is 102 cm³/mol. The van der Waals surface area contributed by atoms with Crippen molar-refractivity contribution in [2.45, 2.75) is 50.8 Å². The van der Waals surface area contributed by atoms with Crippen LogP contribution >= 0.6 is 0 Å². The number of hydrogen-bond donors (Lipinski definition) is 1. The second kappa shape index (κ2) is 7.07. The standard InChI is InChI=1S/C20H26N6O2/c1-13-22-6-7-26(13)17-8-14-11-25(20(27)24-16-2-3-16)12-15(14)9-18(17)28-19-10-21-4-5-23-19/h4-7,10,14-18H,2-3,8-9,11-12H2,1H3,(H,24,27)/t14-,15+,17-,18-/m0/s1. The number of imidazole rings is 1. The minimum atomic E-state index is -0.0164. The smallest absolute Gasteiger partial charge is 0.317 e. The number of aromatic nitrogens is 4. The SMILES string of the molecule is Cc1nccn1[C@H]1C[C@H]2CN(C(=O)NC3CC3)C[C@H]2C[C@@H]1Oc1cnccn1. The number of ether oxygens (including phenoxy) is 1. The van der Waals surface area contributed by atoms with Crippen molar-refractivity contribution in [2.75, 3.05) is 13.1 Å². The normalized spacial score (nSPS) is 29.4. The number of carbonyl (C=O) groups excluding carboxylic acids is 1. The van der Waals surface area contributed by atoms with E-state index in [9.17, 15) is 4.79 Å². The van der Waals surface area contributed by atoms with Gasteiger partial charge in [0.2, 0.25) is 5.88 Å². The van der Waals surface area contributed by atoms with E-state index in [4.69, 9.17) is 4.74 Å². The Kier molecular flexibility index (Phi) is 4.41. The maximum Gasteiger partial charge on any atom is 0.317 e. The van der Waals surface area contributed by atoms with Gasteiger partial charge in [0.05, 0.1) is 12.2 Å². The van der Waals surface area contributed by atoms with Crippen LogP contribution < -0.4 is 10.1 Å². The topological polar surface area (TPSA) is 85.2 Å². The molecule has 1 N–H and O–H groups in total. The molecule has 28 heavy (non-hydrogen) atoms. The quantitative estimate of drug-likeness (QED) is 0.876. The summed E-state index contributed by atoms with van der Waals surface area (Å²) in [6.45, 7) is 3.65. The van der Waals surface area contributed by atoms with Gasteiger partial charge >= 0.3 is 6.03 Å². The van der Waals surface area contributed by atoms with Gasteiger partial charge < -0.3 is 19.5 Å². The van der Waals surface area contributed by atoms with Crippen molar-refractivity contribution in [1.82, 2.24) is 29.7 Å². The third kappa shape index (κ3) is 3.43. The van der Waals surface area contributed by atoms with Gasteiger partial charge in [0.25, 0.3) is 0 Å². The van der Waals surface area contributed by atoms with Crippen LogP contribution in [0.1, 0.15) is 37.5 Å². The zero-order valence-corrected chi connectivity index (χ0v) is 16.1. The number of rotatable bonds is 4. The summed E-state index contributed by atoms with van der Waals surface area (Å²) in [6, 6.07) is 0.667. The van der Waals surface area contributed by atoms with Crippen LogP contribution in [-0.4, -0.2) is 55.7 Å². The fourth-order valence-electron chi connectivity index (χ4n) is 4.71. The van der Waals surface area contributed by atoms with Crippen LogP contribution in [0.3, 0.4) is 0 Å². The maximum atomic E-state index is 12.5. The van der Waals surface area contributed by atoms with Crippen molar-refractivity contribution < 1.29 is 9.53 Å². The Bertz CT molecular complexity index is 836. The molecule has 0 unspecified atom stereocenters. The average Bonchev–Trinajstić information content (AvgIpc) is 3.24. The predicted octanol–water partition coefficient (Wildman–Crippen LogP) is 2.18. The second-order valence-electron chi connectivity index (χ2n) is 8.27. The monoisotopic (exact) mass is 382 g/mol. The van der Waals surface area contributed by atoms with Crippen molar-refractivity contribution in [3.05, 3.63) is 36.8 Å². The molecule has 2 aromatic heterocycles. The summed E-state index contributed by atoms with van der Waals surface area (Å²) in [5.74, 6) is 2.47. The molecule has 3 heterocycles. The van der Waals surface area contributed by atoms with E-state index in [1.54, 1.807) is 18.6 Å².